The molecule has 5 heteroatoms. The molecular weight excluding hydrogens is 282 g/mol. The Morgan fingerprint density at radius 3 is 2.81 bits per heavy atom. The molecule has 0 saturated carbocycles. The van der Waals surface area contributed by atoms with Gasteiger partial charge in [0, 0.05) is 10.4 Å². The molecule has 0 saturated heterocycles. The van der Waals surface area contributed by atoms with E-state index in [1.165, 1.54) is 4.88 Å². The average Bonchev–Trinajstić information content (AvgIpc) is 2.83. The average molecular weight is 299 g/mol. The van der Waals surface area contributed by atoms with E-state index in [4.69, 9.17) is 5.26 Å². The first-order chi connectivity index (χ1) is 10.0. The molecule has 0 radical (unpaired) electrons. The van der Waals surface area contributed by atoms with Crippen LogP contribution in [0.1, 0.15) is 50.9 Å². The van der Waals surface area contributed by atoms with Gasteiger partial charge in [0.05, 0.1) is 23.4 Å². The minimum atomic E-state index is -0.176. The first-order valence-corrected chi connectivity index (χ1v) is 7.61. The van der Waals surface area contributed by atoms with Crippen molar-refractivity contribution in [1.29, 1.82) is 5.26 Å². The predicted octanol–water partition coefficient (Wildman–Crippen LogP) is 3.51. The molecule has 2 aromatic rings. The van der Waals surface area contributed by atoms with E-state index >= 15 is 0 Å². The lowest BCUT2D eigenvalue weighted by Gasteiger charge is -2.14. The van der Waals surface area contributed by atoms with Crippen molar-refractivity contribution in [1.82, 2.24) is 10.3 Å². The number of nitriles is 1. The molecule has 1 amide bonds. The van der Waals surface area contributed by atoms with Gasteiger partial charge in [0.1, 0.15) is 5.01 Å². The first kappa shape index (κ1) is 15.2. The maximum absolute atomic E-state index is 12.3. The van der Waals surface area contributed by atoms with Crippen LogP contribution in [-0.2, 0) is 0 Å². The molecule has 0 aliphatic heterocycles. The monoisotopic (exact) mass is 299 g/mol. The highest BCUT2D eigenvalue weighted by Crippen LogP contribution is 2.25. The Morgan fingerprint density at radius 2 is 2.24 bits per heavy atom. The normalized spacial score (nSPS) is 11.7. The zero-order valence-corrected chi connectivity index (χ0v) is 13.1. The zero-order valence-electron chi connectivity index (χ0n) is 12.3. The van der Waals surface area contributed by atoms with E-state index < -0.39 is 0 Å². The van der Waals surface area contributed by atoms with Gasteiger partial charge in [-0.15, -0.1) is 11.3 Å². The number of carbonyl (C=O) groups excluding carboxylic acids is 1. The van der Waals surface area contributed by atoms with Gasteiger partial charge >= 0.3 is 0 Å². The van der Waals surface area contributed by atoms with Gasteiger partial charge < -0.3 is 5.32 Å². The third-order valence-electron chi connectivity index (χ3n) is 3.31. The number of benzene rings is 1. The molecule has 1 atom stereocenters. The SMILES string of the molecule is CC[C@@H](NC(=O)c1cccc(C#N)c1)c1nc(C)c(C)s1. The van der Waals surface area contributed by atoms with E-state index in [0.29, 0.717) is 11.1 Å². The molecule has 21 heavy (non-hydrogen) atoms. The van der Waals surface area contributed by atoms with Crippen LogP contribution in [0.4, 0.5) is 0 Å². The second-order valence-corrected chi connectivity index (χ2v) is 6.06. The Labute approximate surface area is 128 Å². The molecular formula is C16H17N3OS. The van der Waals surface area contributed by atoms with Crippen LogP contribution in [0.25, 0.3) is 0 Å². The molecule has 2 rings (SSSR count). The number of hydrogen-bond donors (Lipinski definition) is 1. The number of carbonyl (C=O) groups is 1. The number of hydrogen-bond acceptors (Lipinski definition) is 4. The first-order valence-electron chi connectivity index (χ1n) is 6.80. The van der Waals surface area contributed by atoms with E-state index in [-0.39, 0.29) is 11.9 Å². The number of nitrogens with one attached hydrogen (secondary N) is 1. The highest BCUT2D eigenvalue weighted by molar-refractivity contribution is 7.11. The molecule has 0 aliphatic rings. The van der Waals surface area contributed by atoms with Crippen molar-refractivity contribution in [2.45, 2.75) is 33.2 Å². The van der Waals surface area contributed by atoms with Crippen LogP contribution in [-0.4, -0.2) is 10.9 Å². The summed E-state index contributed by atoms with van der Waals surface area (Å²) in [4.78, 5) is 18.0. The summed E-state index contributed by atoms with van der Waals surface area (Å²) in [5, 5.41) is 12.8. The van der Waals surface area contributed by atoms with Crippen LogP contribution >= 0.6 is 11.3 Å². The lowest BCUT2D eigenvalue weighted by molar-refractivity contribution is 0.0935. The van der Waals surface area contributed by atoms with Crippen LogP contribution < -0.4 is 5.32 Å². The van der Waals surface area contributed by atoms with E-state index in [0.717, 1.165) is 17.1 Å². The topological polar surface area (TPSA) is 65.8 Å². The smallest absolute Gasteiger partial charge is 0.251 e. The van der Waals surface area contributed by atoms with E-state index in [1.807, 2.05) is 26.8 Å². The summed E-state index contributed by atoms with van der Waals surface area (Å²) in [6.07, 6.45) is 0.774. The molecule has 0 aliphatic carbocycles. The molecule has 108 valence electrons. The third-order valence-corrected chi connectivity index (χ3v) is 4.50. The van der Waals surface area contributed by atoms with Gasteiger partial charge in [0.25, 0.3) is 5.91 Å². The largest absolute Gasteiger partial charge is 0.343 e. The fourth-order valence-corrected chi connectivity index (χ4v) is 3.01. The van der Waals surface area contributed by atoms with Crippen molar-refractivity contribution in [3.05, 3.63) is 51.0 Å². The van der Waals surface area contributed by atoms with E-state index in [1.54, 1.807) is 35.6 Å². The van der Waals surface area contributed by atoms with E-state index in [9.17, 15) is 4.79 Å². The van der Waals surface area contributed by atoms with Gasteiger partial charge in [0.15, 0.2) is 0 Å². The minimum absolute atomic E-state index is 0.0966. The highest BCUT2D eigenvalue weighted by atomic mass is 32.1. The van der Waals surface area contributed by atoms with Gasteiger partial charge in [-0.05, 0) is 38.5 Å². The quantitative estimate of drug-likeness (QED) is 0.939. The number of nitrogens with zero attached hydrogens (tertiary/aromatic N) is 2. The highest BCUT2D eigenvalue weighted by Gasteiger charge is 2.18. The minimum Gasteiger partial charge on any atom is -0.343 e. The molecule has 1 aromatic heterocycles. The Bertz CT molecular complexity index is 680. The number of thiazole rings is 1. The van der Waals surface area contributed by atoms with Crippen molar-refractivity contribution in [2.75, 3.05) is 0 Å². The summed E-state index contributed by atoms with van der Waals surface area (Å²) in [5.41, 5.74) is 1.99. The number of aryl methyl sites for hydroxylation is 2. The predicted molar refractivity (Wildman–Crippen MR) is 83.2 cm³/mol. The van der Waals surface area contributed by atoms with Gasteiger partial charge in [-0.25, -0.2) is 4.98 Å². The molecule has 0 spiro atoms. The maximum atomic E-state index is 12.3. The Kier molecular flexibility index (Phi) is 4.71. The molecule has 0 unspecified atom stereocenters. The second kappa shape index (κ2) is 6.51. The summed E-state index contributed by atoms with van der Waals surface area (Å²) in [6, 6.07) is 8.65. The Balaban J connectivity index is 2.18. The summed E-state index contributed by atoms with van der Waals surface area (Å²) >= 11 is 1.61. The standard InChI is InChI=1S/C16H17N3OS/c1-4-14(16-18-10(2)11(3)21-16)19-15(20)13-7-5-6-12(8-13)9-17/h5-8,14H,4H2,1-3H3,(H,19,20)/t14-/m1/s1. The molecule has 1 aromatic carbocycles. The van der Waals surface area contributed by atoms with Gasteiger partial charge in [-0.3, -0.25) is 4.79 Å². The lowest BCUT2D eigenvalue weighted by atomic mass is 10.1. The lowest BCUT2D eigenvalue weighted by Crippen LogP contribution is -2.28. The fraction of sp³-hybridized carbons (Fsp3) is 0.312. The summed E-state index contributed by atoms with van der Waals surface area (Å²) in [7, 11) is 0. The number of aromatic nitrogens is 1. The molecule has 0 bridgehead atoms. The van der Waals surface area contributed by atoms with Crippen molar-refractivity contribution in [2.24, 2.45) is 0 Å². The van der Waals surface area contributed by atoms with Gasteiger partial charge in [-0.1, -0.05) is 13.0 Å². The van der Waals surface area contributed by atoms with Gasteiger partial charge in [0.2, 0.25) is 0 Å². The molecule has 1 heterocycles. The van der Waals surface area contributed by atoms with Crippen LogP contribution in [0, 0.1) is 25.2 Å². The van der Waals surface area contributed by atoms with Crippen molar-refractivity contribution in [3.8, 4) is 6.07 Å². The van der Waals surface area contributed by atoms with E-state index in [2.05, 4.69) is 10.3 Å². The molecule has 4 nitrogen and oxygen atoms in total. The number of rotatable bonds is 4. The molecule has 1 N–H and O–H groups in total. The summed E-state index contributed by atoms with van der Waals surface area (Å²) in [6.45, 7) is 6.02. The van der Waals surface area contributed by atoms with Crippen molar-refractivity contribution >= 4 is 17.2 Å². The van der Waals surface area contributed by atoms with Gasteiger partial charge in [-0.2, -0.15) is 5.26 Å². The van der Waals surface area contributed by atoms with Crippen LogP contribution in [0.3, 0.4) is 0 Å². The van der Waals surface area contributed by atoms with Crippen LogP contribution in [0.5, 0.6) is 0 Å². The number of amides is 1. The Hall–Kier alpha value is -2.19. The van der Waals surface area contributed by atoms with Crippen LogP contribution in [0.2, 0.25) is 0 Å². The fourth-order valence-electron chi connectivity index (χ4n) is 1.96. The van der Waals surface area contributed by atoms with Crippen molar-refractivity contribution in [3.63, 3.8) is 0 Å². The summed E-state index contributed by atoms with van der Waals surface area (Å²) < 4.78 is 0. The Morgan fingerprint density at radius 1 is 1.48 bits per heavy atom. The van der Waals surface area contributed by atoms with Crippen molar-refractivity contribution < 1.29 is 4.79 Å². The maximum Gasteiger partial charge on any atom is 0.251 e. The zero-order chi connectivity index (χ0) is 15.4. The summed E-state index contributed by atoms with van der Waals surface area (Å²) in [5.74, 6) is -0.176. The third kappa shape index (κ3) is 3.47. The second-order valence-electron chi connectivity index (χ2n) is 4.82. The molecule has 0 fully saturated rings. The van der Waals surface area contributed by atoms with Crippen LogP contribution in [0.15, 0.2) is 24.3 Å².